The number of rotatable bonds is 15. The molecule has 0 spiro atoms. The molecule has 0 bridgehead atoms. The van der Waals surface area contributed by atoms with Crippen molar-refractivity contribution in [1.82, 2.24) is 4.90 Å². The van der Waals surface area contributed by atoms with Crippen LogP contribution in [0.2, 0.25) is 0 Å². The molecule has 152 valence electrons. The second-order valence-electron chi connectivity index (χ2n) is 7.63. The second kappa shape index (κ2) is 15.4. The first-order chi connectivity index (χ1) is 13.2. The van der Waals surface area contributed by atoms with Crippen LogP contribution in [0.15, 0.2) is 24.3 Å². The normalized spacial score (nSPS) is 15.8. The van der Waals surface area contributed by atoms with Gasteiger partial charge < -0.3 is 10.4 Å². The van der Waals surface area contributed by atoms with Crippen LogP contribution >= 0.6 is 0 Å². The van der Waals surface area contributed by atoms with E-state index in [0.29, 0.717) is 5.71 Å². The molecule has 0 aromatic heterocycles. The summed E-state index contributed by atoms with van der Waals surface area (Å²) in [6.07, 6.45) is 22.0. The lowest BCUT2D eigenvalue weighted by Gasteiger charge is -2.25. The molecule has 0 saturated carbocycles. The van der Waals surface area contributed by atoms with E-state index in [4.69, 9.17) is 5.53 Å². The lowest BCUT2D eigenvalue weighted by molar-refractivity contribution is -0.132. The lowest BCUT2D eigenvalue weighted by atomic mass is 10.00. The Morgan fingerprint density at radius 3 is 1.74 bits per heavy atom. The van der Waals surface area contributed by atoms with E-state index < -0.39 is 0 Å². The summed E-state index contributed by atoms with van der Waals surface area (Å²) in [6, 6.07) is 0. The molecular formula is C23H39N3O. The topological polar surface area (TPSA) is 56.7 Å². The van der Waals surface area contributed by atoms with Crippen LogP contribution in [0, 0.1) is 5.92 Å². The lowest BCUT2D eigenvalue weighted by Crippen LogP contribution is -2.37. The van der Waals surface area contributed by atoms with Gasteiger partial charge in [-0.3, -0.25) is 4.79 Å². The molecule has 1 rings (SSSR count). The first-order valence-corrected chi connectivity index (χ1v) is 11.1. The van der Waals surface area contributed by atoms with Gasteiger partial charge >= 0.3 is 5.71 Å². The van der Waals surface area contributed by atoms with Crippen LogP contribution in [-0.4, -0.2) is 34.4 Å². The van der Waals surface area contributed by atoms with Crippen LogP contribution in [0.5, 0.6) is 0 Å². The van der Waals surface area contributed by atoms with Crippen molar-refractivity contribution in [2.24, 2.45) is 5.92 Å². The third kappa shape index (κ3) is 10.3. The van der Waals surface area contributed by atoms with Crippen molar-refractivity contribution in [3.05, 3.63) is 29.8 Å². The maximum atomic E-state index is 12.9. The molecule has 0 atom stereocenters. The quantitative estimate of drug-likeness (QED) is 0.199. The molecule has 0 aromatic carbocycles. The molecule has 0 fully saturated rings. The highest BCUT2D eigenvalue weighted by Crippen LogP contribution is 2.15. The SMILES string of the molecule is CCCCCCCCN(CCCCCCCC)C(=O)C1C=CC(=[N+]=[N-])C=C1. The Kier molecular flexibility index (Phi) is 13.3. The highest BCUT2D eigenvalue weighted by Gasteiger charge is 2.22. The number of amides is 1. The Morgan fingerprint density at radius 2 is 1.30 bits per heavy atom. The molecule has 1 amide bonds. The van der Waals surface area contributed by atoms with Crippen molar-refractivity contribution >= 4 is 11.6 Å². The van der Waals surface area contributed by atoms with Gasteiger partial charge in [0.05, 0.1) is 5.92 Å². The van der Waals surface area contributed by atoms with E-state index in [9.17, 15) is 4.79 Å². The highest BCUT2D eigenvalue weighted by molar-refractivity contribution is 6.02. The molecule has 4 heteroatoms. The Bertz CT molecular complexity index is 486. The van der Waals surface area contributed by atoms with E-state index in [1.54, 1.807) is 12.2 Å². The summed E-state index contributed by atoms with van der Waals surface area (Å²) in [5, 5.41) is 0. The Labute approximate surface area is 166 Å². The van der Waals surface area contributed by atoms with Gasteiger partial charge in [0.15, 0.2) is 0 Å². The fourth-order valence-corrected chi connectivity index (χ4v) is 3.46. The Balaban J connectivity index is 2.46. The minimum absolute atomic E-state index is 0.182. The first kappa shape index (κ1) is 23.4. The molecule has 0 aromatic rings. The van der Waals surface area contributed by atoms with Crippen LogP contribution < -0.4 is 0 Å². The van der Waals surface area contributed by atoms with Crippen LogP contribution in [0.1, 0.15) is 90.9 Å². The van der Waals surface area contributed by atoms with Crippen molar-refractivity contribution in [3.63, 3.8) is 0 Å². The zero-order chi connectivity index (χ0) is 19.7. The maximum Gasteiger partial charge on any atom is 0.314 e. The summed E-state index contributed by atoms with van der Waals surface area (Å²) < 4.78 is 0. The number of unbranched alkanes of at least 4 members (excludes halogenated alkanes) is 10. The molecule has 1 aliphatic carbocycles. The molecule has 0 unspecified atom stereocenters. The first-order valence-electron chi connectivity index (χ1n) is 11.1. The summed E-state index contributed by atoms with van der Waals surface area (Å²) in [4.78, 5) is 18.2. The van der Waals surface area contributed by atoms with E-state index in [-0.39, 0.29) is 11.8 Å². The smallest absolute Gasteiger partial charge is 0.314 e. The predicted octanol–water partition coefficient (Wildman–Crippen LogP) is 5.95. The van der Waals surface area contributed by atoms with Crippen LogP contribution in [-0.2, 0) is 4.79 Å². The Morgan fingerprint density at radius 1 is 0.852 bits per heavy atom. The van der Waals surface area contributed by atoms with E-state index >= 15 is 0 Å². The van der Waals surface area contributed by atoms with Gasteiger partial charge in [0.25, 0.3) is 0 Å². The third-order valence-corrected chi connectivity index (χ3v) is 5.22. The minimum atomic E-state index is -0.226. The van der Waals surface area contributed by atoms with Gasteiger partial charge in [0.2, 0.25) is 5.91 Å². The van der Waals surface area contributed by atoms with Gasteiger partial charge in [-0.15, -0.1) is 0 Å². The minimum Gasteiger partial charge on any atom is -0.361 e. The molecule has 0 N–H and O–H groups in total. The van der Waals surface area contributed by atoms with Crippen LogP contribution in [0.3, 0.4) is 0 Å². The number of hydrogen-bond donors (Lipinski definition) is 0. The van der Waals surface area contributed by atoms with E-state index in [2.05, 4.69) is 23.5 Å². The molecule has 0 saturated heterocycles. The summed E-state index contributed by atoms with van der Waals surface area (Å²) >= 11 is 0. The summed E-state index contributed by atoms with van der Waals surface area (Å²) in [5.41, 5.74) is 9.32. The third-order valence-electron chi connectivity index (χ3n) is 5.22. The molecule has 4 nitrogen and oxygen atoms in total. The fraction of sp³-hybridized carbons (Fsp3) is 0.739. The standard InChI is InChI=1S/C23H39N3O/c1-3-5-7-9-11-13-19-26(20-14-12-10-8-6-4-2)23(27)21-15-17-22(25-24)18-16-21/h15-18,21H,3-14,19-20H2,1-2H3. The summed E-state index contributed by atoms with van der Waals surface area (Å²) in [5.74, 6) is -0.0442. The van der Waals surface area contributed by atoms with Crippen molar-refractivity contribution in [1.29, 1.82) is 0 Å². The number of allylic oxidation sites excluding steroid dienone is 2. The van der Waals surface area contributed by atoms with Crippen LogP contribution in [0.25, 0.3) is 5.53 Å². The van der Waals surface area contributed by atoms with Gasteiger partial charge in [0.1, 0.15) is 0 Å². The monoisotopic (exact) mass is 373 g/mol. The number of hydrogen-bond acceptors (Lipinski definition) is 1. The van der Waals surface area contributed by atoms with Crippen LogP contribution in [0.4, 0.5) is 0 Å². The average Bonchev–Trinajstić information content (AvgIpc) is 2.71. The second-order valence-corrected chi connectivity index (χ2v) is 7.63. The highest BCUT2D eigenvalue weighted by atomic mass is 16.2. The van der Waals surface area contributed by atoms with Gasteiger partial charge in [-0.1, -0.05) is 90.2 Å². The number of carbonyl (C=O) groups is 1. The number of carbonyl (C=O) groups excluding carboxylic acids is 1. The fourth-order valence-electron chi connectivity index (χ4n) is 3.46. The summed E-state index contributed by atoms with van der Waals surface area (Å²) in [6.45, 7) is 6.19. The molecule has 0 radical (unpaired) electrons. The zero-order valence-electron chi connectivity index (χ0n) is 17.5. The summed E-state index contributed by atoms with van der Waals surface area (Å²) in [7, 11) is 0. The number of nitrogens with zero attached hydrogens (tertiary/aromatic N) is 3. The van der Waals surface area contributed by atoms with Gasteiger partial charge in [-0.2, -0.15) is 4.79 Å². The van der Waals surface area contributed by atoms with Gasteiger partial charge in [-0.25, -0.2) is 0 Å². The van der Waals surface area contributed by atoms with Crippen molar-refractivity contribution in [3.8, 4) is 0 Å². The molecule has 0 aliphatic heterocycles. The maximum absolute atomic E-state index is 12.9. The molecule has 1 aliphatic rings. The Hall–Kier alpha value is -1.67. The average molecular weight is 374 g/mol. The van der Waals surface area contributed by atoms with Crippen molar-refractivity contribution in [2.75, 3.05) is 13.1 Å². The van der Waals surface area contributed by atoms with E-state index in [0.717, 1.165) is 25.9 Å². The largest absolute Gasteiger partial charge is 0.361 e. The van der Waals surface area contributed by atoms with Crippen molar-refractivity contribution in [2.45, 2.75) is 90.9 Å². The van der Waals surface area contributed by atoms with E-state index in [1.807, 2.05) is 12.2 Å². The molecular weight excluding hydrogens is 334 g/mol. The molecule has 27 heavy (non-hydrogen) atoms. The van der Waals surface area contributed by atoms with Gasteiger partial charge in [0, 0.05) is 25.2 Å². The van der Waals surface area contributed by atoms with Crippen molar-refractivity contribution < 1.29 is 9.58 Å². The zero-order valence-corrected chi connectivity index (χ0v) is 17.5. The van der Waals surface area contributed by atoms with E-state index in [1.165, 1.54) is 64.2 Å². The predicted molar refractivity (Wildman–Crippen MR) is 114 cm³/mol. The van der Waals surface area contributed by atoms with Gasteiger partial charge in [-0.05, 0) is 12.8 Å². The molecule has 0 heterocycles.